The van der Waals surface area contributed by atoms with E-state index in [1.54, 1.807) is 0 Å². The third-order valence-electron chi connectivity index (χ3n) is 3.92. The van der Waals surface area contributed by atoms with Crippen LogP contribution in [0, 0.1) is 5.92 Å². The van der Waals surface area contributed by atoms with Gasteiger partial charge in [-0.1, -0.05) is 31.5 Å². The van der Waals surface area contributed by atoms with Crippen LogP contribution >= 0.6 is 0 Å². The van der Waals surface area contributed by atoms with Crippen molar-refractivity contribution in [3.05, 3.63) is 35.5 Å². The highest BCUT2D eigenvalue weighted by molar-refractivity contribution is 6.09. The lowest BCUT2D eigenvalue weighted by Crippen LogP contribution is -2.21. The summed E-state index contributed by atoms with van der Waals surface area (Å²) in [6, 6.07) is 6.22. The van der Waals surface area contributed by atoms with Crippen LogP contribution in [-0.4, -0.2) is 10.8 Å². The van der Waals surface area contributed by atoms with E-state index < -0.39 is 0 Å². The molecule has 3 rings (SSSR count). The molecule has 1 heterocycles. The first-order valence-electron chi connectivity index (χ1n) is 6.44. The van der Waals surface area contributed by atoms with Crippen LogP contribution in [0.1, 0.15) is 42.1 Å². The van der Waals surface area contributed by atoms with Crippen LogP contribution < -0.4 is 0 Å². The van der Waals surface area contributed by atoms with Gasteiger partial charge in [-0.3, -0.25) is 4.79 Å². The van der Waals surface area contributed by atoms with Crippen LogP contribution in [0.5, 0.6) is 0 Å². The average Bonchev–Trinajstić information content (AvgIpc) is 2.69. The highest BCUT2D eigenvalue weighted by Gasteiger charge is 2.27. The topological polar surface area (TPSA) is 32.9 Å². The van der Waals surface area contributed by atoms with Gasteiger partial charge in [-0.2, -0.15) is 0 Å². The lowest BCUT2D eigenvalue weighted by Gasteiger charge is -2.23. The van der Waals surface area contributed by atoms with Crippen molar-refractivity contribution in [2.24, 2.45) is 5.92 Å². The van der Waals surface area contributed by atoms with Crippen molar-refractivity contribution < 1.29 is 4.79 Å². The van der Waals surface area contributed by atoms with E-state index in [2.05, 4.69) is 24.0 Å². The maximum atomic E-state index is 12.3. The number of carbonyl (C=O) groups is 1. The lowest BCUT2D eigenvalue weighted by atomic mass is 9.80. The van der Waals surface area contributed by atoms with Gasteiger partial charge in [0.1, 0.15) is 0 Å². The van der Waals surface area contributed by atoms with Crippen molar-refractivity contribution in [1.29, 1.82) is 0 Å². The Bertz CT molecular complexity index is 563. The largest absolute Gasteiger partial charge is 0.360 e. The molecule has 1 aromatic carbocycles. The molecule has 17 heavy (non-hydrogen) atoms. The second-order valence-corrected chi connectivity index (χ2v) is 4.89. The van der Waals surface area contributed by atoms with Crippen molar-refractivity contribution in [3.63, 3.8) is 0 Å². The summed E-state index contributed by atoms with van der Waals surface area (Å²) in [5, 5.41) is 1.10. The Balaban J connectivity index is 2.08. The molecule has 0 bridgehead atoms. The second kappa shape index (κ2) is 4.02. The molecule has 1 fully saturated rings. The molecule has 2 heteroatoms. The van der Waals surface area contributed by atoms with Gasteiger partial charge in [-0.05, 0) is 24.8 Å². The maximum absolute atomic E-state index is 12.3. The van der Waals surface area contributed by atoms with Gasteiger partial charge in [0.15, 0.2) is 5.78 Å². The molecule has 88 valence electrons. The smallest absolute Gasteiger partial charge is 0.168 e. The summed E-state index contributed by atoms with van der Waals surface area (Å²) in [6.45, 7) is 2.14. The fourth-order valence-corrected chi connectivity index (χ4v) is 2.61. The van der Waals surface area contributed by atoms with Gasteiger partial charge >= 0.3 is 0 Å². The molecule has 0 atom stereocenters. The Kier molecular flexibility index (Phi) is 2.50. The van der Waals surface area contributed by atoms with Gasteiger partial charge in [-0.15, -0.1) is 0 Å². The Morgan fingerprint density at radius 3 is 2.88 bits per heavy atom. The number of benzene rings is 1. The zero-order valence-corrected chi connectivity index (χ0v) is 10.1. The highest BCUT2D eigenvalue weighted by atomic mass is 16.1. The molecule has 0 amide bonds. The lowest BCUT2D eigenvalue weighted by molar-refractivity contribution is 0.0857. The number of Topliss-reactive ketones (excluding diaryl/α,β-unsaturated/α-hetero) is 1. The van der Waals surface area contributed by atoms with Crippen LogP contribution in [0.25, 0.3) is 10.9 Å². The molecule has 1 aromatic heterocycles. The number of aromatic nitrogens is 1. The Labute approximate surface area is 101 Å². The molecule has 0 unspecified atom stereocenters. The second-order valence-electron chi connectivity index (χ2n) is 4.89. The quantitative estimate of drug-likeness (QED) is 0.796. The predicted molar refractivity (Wildman–Crippen MR) is 69.3 cm³/mol. The first-order chi connectivity index (χ1) is 8.31. The molecule has 2 aromatic rings. The zero-order valence-electron chi connectivity index (χ0n) is 10.1. The molecular weight excluding hydrogens is 210 g/mol. The molecule has 2 nitrogen and oxygen atoms in total. The van der Waals surface area contributed by atoms with Crippen molar-refractivity contribution >= 4 is 16.7 Å². The van der Waals surface area contributed by atoms with Crippen molar-refractivity contribution in [1.82, 2.24) is 4.98 Å². The van der Waals surface area contributed by atoms with E-state index in [4.69, 9.17) is 0 Å². The number of hydrogen-bond donors (Lipinski definition) is 1. The molecule has 0 aliphatic heterocycles. The number of H-pyrrole nitrogens is 1. The average molecular weight is 227 g/mol. The van der Waals surface area contributed by atoms with Gasteiger partial charge < -0.3 is 4.98 Å². The predicted octanol–water partition coefficient (Wildman–Crippen LogP) is 3.71. The molecule has 1 aliphatic rings. The van der Waals surface area contributed by atoms with Crippen LogP contribution in [0.2, 0.25) is 0 Å². The minimum atomic E-state index is 0.277. The van der Waals surface area contributed by atoms with Crippen molar-refractivity contribution in [2.45, 2.75) is 32.6 Å². The fourth-order valence-electron chi connectivity index (χ4n) is 2.61. The molecule has 1 saturated carbocycles. The number of para-hydroxylation sites is 1. The summed E-state index contributed by atoms with van der Waals surface area (Å²) < 4.78 is 0. The Morgan fingerprint density at radius 2 is 2.24 bits per heavy atom. The number of fused-ring (bicyclic) bond motifs is 1. The summed E-state index contributed by atoms with van der Waals surface area (Å²) in [6.07, 6.45) is 6.23. The number of aryl methyl sites for hydroxylation is 1. The fraction of sp³-hybridized carbons (Fsp3) is 0.400. The van der Waals surface area contributed by atoms with Gasteiger partial charge in [0.2, 0.25) is 0 Å². The molecule has 1 N–H and O–H groups in total. The van der Waals surface area contributed by atoms with Crippen LogP contribution in [0.3, 0.4) is 0 Å². The summed E-state index contributed by atoms with van der Waals surface area (Å²) in [4.78, 5) is 15.6. The molecule has 0 spiro atoms. The van der Waals surface area contributed by atoms with E-state index in [0.717, 1.165) is 35.7 Å². The number of nitrogens with one attached hydrogen (secondary N) is 1. The molecule has 1 aliphatic carbocycles. The number of rotatable bonds is 3. The standard InChI is InChI=1S/C15H17NO/c1-2-10-5-4-8-12-13(9-16-14(10)12)15(17)11-6-3-7-11/h4-5,8-9,11,16H,2-3,6-7H2,1H3. The highest BCUT2D eigenvalue weighted by Crippen LogP contribution is 2.32. The monoisotopic (exact) mass is 227 g/mol. The van der Waals surface area contributed by atoms with Crippen LogP contribution in [-0.2, 0) is 6.42 Å². The van der Waals surface area contributed by atoms with Crippen LogP contribution in [0.4, 0.5) is 0 Å². The number of aromatic amines is 1. The molecule has 0 radical (unpaired) electrons. The first-order valence-corrected chi connectivity index (χ1v) is 6.44. The van der Waals surface area contributed by atoms with Crippen LogP contribution in [0.15, 0.2) is 24.4 Å². The number of carbonyl (C=O) groups excluding carboxylic acids is 1. The Morgan fingerprint density at radius 1 is 1.41 bits per heavy atom. The third kappa shape index (κ3) is 1.59. The van der Waals surface area contributed by atoms with E-state index in [1.807, 2.05) is 12.3 Å². The van der Waals surface area contributed by atoms with Crippen molar-refractivity contribution in [2.75, 3.05) is 0 Å². The summed E-state index contributed by atoms with van der Waals surface area (Å²) in [5.74, 6) is 0.607. The van der Waals surface area contributed by atoms with Gasteiger partial charge in [0.05, 0.1) is 0 Å². The summed E-state index contributed by atoms with van der Waals surface area (Å²) in [7, 11) is 0. The maximum Gasteiger partial charge on any atom is 0.168 e. The zero-order chi connectivity index (χ0) is 11.8. The molecule has 0 saturated heterocycles. The SMILES string of the molecule is CCc1cccc2c(C(=O)C3CCC3)c[nH]c12. The van der Waals surface area contributed by atoms with E-state index in [-0.39, 0.29) is 5.92 Å². The van der Waals surface area contributed by atoms with Crippen molar-refractivity contribution in [3.8, 4) is 0 Å². The van der Waals surface area contributed by atoms with E-state index >= 15 is 0 Å². The van der Waals surface area contributed by atoms with Gasteiger partial charge in [0, 0.05) is 28.6 Å². The summed E-state index contributed by atoms with van der Waals surface area (Å²) >= 11 is 0. The van der Waals surface area contributed by atoms with Gasteiger partial charge in [0.25, 0.3) is 0 Å². The summed E-state index contributed by atoms with van der Waals surface area (Å²) in [5.41, 5.74) is 3.31. The molecular formula is C15H17NO. The third-order valence-corrected chi connectivity index (χ3v) is 3.92. The van der Waals surface area contributed by atoms with Gasteiger partial charge in [-0.25, -0.2) is 0 Å². The normalized spacial score (nSPS) is 16.1. The Hall–Kier alpha value is -1.57. The van der Waals surface area contributed by atoms with E-state index in [0.29, 0.717) is 5.78 Å². The number of hydrogen-bond acceptors (Lipinski definition) is 1. The first kappa shape index (κ1) is 10.6. The van der Waals surface area contributed by atoms with E-state index in [1.165, 1.54) is 12.0 Å². The number of ketones is 1. The minimum absolute atomic E-state index is 0.277. The minimum Gasteiger partial charge on any atom is -0.360 e. The van der Waals surface area contributed by atoms with E-state index in [9.17, 15) is 4.79 Å².